The van der Waals surface area contributed by atoms with Gasteiger partial charge < -0.3 is 19.2 Å². The Hall–Kier alpha value is -2.31. The molecule has 1 fully saturated rings. The lowest BCUT2D eigenvalue weighted by Crippen LogP contribution is -2.48. The molecule has 2 aromatic heterocycles. The second-order valence-electron chi connectivity index (χ2n) is 6.22. The van der Waals surface area contributed by atoms with Gasteiger partial charge in [-0.15, -0.1) is 10.2 Å². The van der Waals surface area contributed by atoms with Crippen LogP contribution < -0.4 is 5.32 Å². The average Bonchev–Trinajstić information content (AvgIpc) is 3.19. The van der Waals surface area contributed by atoms with Gasteiger partial charge in [0.15, 0.2) is 0 Å². The number of piperidine rings is 1. The number of aryl methyl sites for hydroxylation is 1. The topological polar surface area (TPSA) is 76.2 Å². The van der Waals surface area contributed by atoms with Gasteiger partial charge in [0.05, 0.1) is 6.26 Å². The summed E-state index contributed by atoms with van der Waals surface area (Å²) in [6.45, 7) is 3.46. The fourth-order valence-corrected chi connectivity index (χ4v) is 3.12. The van der Waals surface area contributed by atoms with Crippen LogP contribution in [0, 0.1) is 0 Å². The zero-order chi connectivity index (χ0) is 16.2. The van der Waals surface area contributed by atoms with Crippen LogP contribution >= 0.6 is 0 Å². The van der Waals surface area contributed by atoms with Crippen LogP contribution in [0.15, 0.2) is 29.1 Å². The summed E-state index contributed by atoms with van der Waals surface area (Å²) in [6.07, 6.45) is 6.08. The van der Waals surface area contributed by atoms with Crippen molar-refractivity contribution in [3.8, 4) is 0 Å². The van der Waals surface area contributed by atoms with E-state index in [0.717, 1.165) is 31.0 Å². The van der Waals surface area contributed by atoms with E-state index in [2.05, 4.69) is 15.5 Å². The van der Waals surface area contributed by atoms with E-state index in [1.54, 1.807) is 12.6 Å². The molecule has 0 bridgehead atoms. The Morgan fingerprint density at radius 3 is 3.13 bits per heavy atom. The fraction of sp³-hybridized carbons (Fsp3) is 0.562. The van der Waals surface area contributed by atoms with Crippen LogP contribution in [0.5, 0.6) is 0 Å². The molecule has 0 spiro atoms. The van der Waals surface area contributed by atoms with Crippen molar-refractivity contribution in [3.63, 3.8) is 0 Å². The van der Waals surface area contributed by atoms with Crippen molar-refractivity contribution in [1.82, 2.24) is 25.0 Å². The first-order chi connectivity index (χ1) is 11.1. The Morgan fingerprint density at radius 1 is 1.57 bits per heavy atom. The van der Waals surface area contributed by atoms with Gasteiger partial charge in [0.2, 0.25) is 0 Å². The predicted octanol–water partition coefficient (Wildman–Crippen LogP) is 1.93. The third-order valence-electron chi connectivity index (χ3n) is 4.28. The van der Waals surface area contributed by atoms with Crippen LogP contribution in [0.4, 0.5) is 4.79 Å². The number of hydrogen-bond donors (Lipinski definition) is 1. The molecule has 2 amide bonds. The van der Waals surface area contributed by atoms with E-state index >= 15 is 0 Å². The van der Waals surface area contributed by atoms with Crippen molar-refractivity contribution in [2.45, 2.75) is 38.1 Å². The molecule has 3 heterocycles. The van der Waals surface area contributed by atoms with Gasteiger partial charge in [0.25, 0.3) is 0 Å². The van der Waals surface area contributed by atoms with Gasteiger partial charge in [-0.05, 0) is 31.9 Å². The average molecular weight is 317 g/mol. The minimum absolute atomic E-state index is 0.0177. The van der Waals surface area contributed by atoms with Gasteiger partial charge in [-0.1, -0.05) is 0 Å². The SMILES string of the molecule is C[C@@H](Cc1ccco1)NC(=O)N1CCC[C@@H](c2nncn2C)C1. The summed E-state index contributed by atoms with van der Waals surface area (Å²) in [5.41, 5.74) is 0. The monoisotopic (exact) mass is 317 g/mol. The van der Waals surface area contributed by atoms with Gasteiger partial charge >= 0.3 is 6.03 Å². The highest BCUT2D eigenvalue weighted by Gasteiger charge is 2.28. The summed E-state index contributed by atoms with van der Waals surface area (Å²) >= 11 is 0. The number of nitrogens with one attached hydrogen (secondary N) is 1. The lowest BCUT2D eigenvalue weighted by Gasteiger charge is -2.33. The minimum atomic E-state index is -0.0177. The molecule has 1 aliphatic rings. The van der Waals surface area contributed by atoms with Crippen molar-refractivity contribution in [2.24, 2.45) is 7.05 Å². The lowest BCUT2D eigenvalue weighted by atomic mass is 9.97. The van der Waals surface area contributed by atoms with Gasteiger partial charge in [-0.2, -0.15) is 0 Å². The highest BCUT2D eigenvalue weighted by molar-refractivity contribution is 5.74. The van der Waals surface area contributed by atoms with Crippen molar-refractivity contribution < 1.29 is 9.21 Å². The fourth-order valence-electron chi connectivity index (χ4n) is 3.12. The molecule has 2 aromatic rings. The Labute approximate surface area is 135 Å². The Morgan fingerprint density at radius 2 is 2.43 bits per heavy atom. The summed E-state index contributed by atoms with van der Waals surface area (Å²) < 4.78 is 7.26. The maximum Gasteiger partial charge on any atom is 0.317 e. The normalized spacial score (nSPS) is 19.6. The van der Waals surface area contributed by atoms with Crippen LogP contribution in [0.1, 0.15) is 37.3 Å². The number of hydrogen-bond acceptors (Lipinski definition) is 4. The number of amides is 2. The Balaban J connectivity index is 1.55. The van der Waals surface area contributed by atoms with Gasteiger partial charge in [0, 0.05) is 38.5 Å². The molecule has 23 heavy (non-hydrogen) atoms. The summed E-state index contributed by atoms with van der Waals surface area (Å²) in [5, 5.41) is 11.2. The number of furan rings is 1. The van der Waals surface area contributed by atoms with Crippen molar-refractivity contribution in [3.05, 3.63) is 36.3 Å². The van der Waals surface area contributed by atoms with E-state index in [1.807, 2.05) is 35.6 Å². The van der Waals surface area contributed by atoms with E-state index in [-0.39, 0.29) is 18.0 Å². The van der Waals surface area contributed by atoms with E-state index in [1.165, 1.54) is 0 Å². The second kappa shape index (κ2) is 6.85. The number of likely N-dealkylation sites (tertiary alicyclic amines) is 1. The molecule has 0 saturated carbocycles. The van der Waals surface area contributed by atoms with Gasteiger partial charge in [-0.25, -0.2) is 4.79 Å². The maximum absolute atomic E-state index is 12.5. The first-order valence-corrected chi connectivity index (χ1v) is 8.05. The predicted molar refractivity (Wildman–Crippen MR) is 85.0 cm³/mol. The largest absolute Gasteiger partial charge is 0.469 e. The van der Waals surface area contributed by atoms with Crippen molar-refractivity contribution >= 4 is 6.03 Å². The van der Waals surface area contributed by atoms with Gasteiger partial charge in [-0.3, -0.25) is 0 Å². The Bertz CT molecular complexity index is 637. The Kier molecular flexibility index (Phi) is 4.64. The van der Waals surface area contributed by atoms with Crippen LogP contribution in [0.2, 0.25) is 0 Å². The molecule has 1 saturated heterocycles. The summed E-state index contributed by atoms with van der Waals surface area (Å²) in [6, 6.07) is 3.80. The van der Waals surface area contributed by atoms with Crippen LogP contribution in [0.3, 0.4) is 0 Å². The van der Waals surface area contributed by atoms with Crippen LogP contribution in [0.25, 0.3) is 0 Å². The molecule has 0 unspecified atom stereocenters. The van der Waals surface area contributed by atoms with Gasteiger partial charge in [0.1, 0.15) is 17.9 Å². The zero-order valence-electron chi connectivity index (χ0n) is 13.6. The number of urea groups is 1. The molecule has 2 atom stereocenters. The van der Waals surface area contributed by atoms with Crippen molar-refractivity contribution in [1.29, 1.82) is 0 Å². The van der Waals surface area contributed by atoms with E-state index < -0.39 is 0 Å². The lowest BCUT2D eigenvalue weighted by molar-refractivity contribution is 0.174. The molecular formula is C16H23N5O2. The number of carbonyl (C=O) groups is 1. The summed E-state index contributed by atoms with van der Waals surface area (Å²) in [4.78, 5) is 14.4. The molecule has 0 radical (unpaired) electrons. The second-order valence-corrected chi connectivity index (χ2v) is 6.22. The smallest absolute Gasteiger partial charge is 0.317 e. The number of nitrogens with zero attached hydrogens (tertiary/aromatic N) is 4. The molecular weight excluding hydrogens is 294 g/mol. The van der Waals surface area contributed by atoms with E-state index in [4.69, 9.17) is 4.42 Å². The zero-order valence-corrected chi connectivity index (χ0v) is 13.6. The summed E-state index contributed by atoms with van der Waals surface area (Å²) in [7, 11) is 1.94. The highest BCUT2D eigenvalue weighted by atomic mass is 16.3. The summed E-state index contributed by atoms with van der Waals surface area (Å²) in [5.74, 6) is 2.09. The quantitative estimate of drug-likeness (QED) is 0.935. The third kappa shape index (κ3) is 3.72. The molecule has 7 nitrogen and oxygen atoms in total. The molecule has 1 N–H and O–H groups in total. The molecule has 0 aromatic carbocycles. The number of rotatable bonds is 4. The minimum Gasteiger partial charge on any atom is -0.469 e. The first kappa shape index (κ1) is 15.6. The molecule has 0 aliphatic carbocycles. The standard InChI is InChI=1S/C16H23N5O2/c1-12(9-14-6-4-8-23-14)18-16(22)21-7-3-5-13(10-21)15-19-17-11-20(15)2/h4,6,8,11-13H,3,5,7,9-10H2,1-2H3,(H,18,22)/t12-,13+/m0/s1. The molecule has 7 heteroatoms. The van der Waals surface area contributed by atoms with Crippen molar-refractivity contribution in [2.75, 3.05) is 13.1 Å². The van der Waals surface area contributed by atoms with Crippen LogP contribution in [-0.2, 0) is 13.5 Å². The number of aromatic nitrogens is 3. The molecule has 3 rings (SSSR count). The molecule has 124 valence electrons. The number of carbonyl (C=O) groups excluding carboxylic acids is 1. The first-order valence-electron chi connectivity index (χ1n) is 8.05. The van der Waals surface area contributed by atoms with Crippen LogP contribution in [-0.4, -0.2) is 44.8 Å². The van der Waals surface area contributed by atoms with E-state index in [0.29, 0.717) is 13.0 Å². The highest BCUT2D eigenvalue weighted by Crippen LogP contribution is 2.25. The maximum atomic E-state index is 12.5. The third-order valence-corrected chi connectivity index (χ3v) is 4.28. The molecule has 1 aliphatic heterocycles. The van der Waals surface area contributed by atoms with E-state index in [9.17, 15) is 4.79 Å².